The number of anilines is 2. The van der Waals surface area contributed by atoms with Gasteiger partial charge in [-0.2, -0.15) is 0 Å². The minimum Gasteiger partial charge on any atom is -0.484 e. The lowest BCUT2D eigenvalue weighted by molar-refractivity contribution is -0.135. The molecule has 0 fully saturated rings. The summed E-state index contributed by atoms with van der Waals surface area (Å²) >= 11 is 0. The number of hydrogen-bond acceptors (Lipinski definition) is 4. The SMILES string of the molecule is Cc1ccc(OCC(=O)N(C)CC(=O)N2c3ccccc3NC(=O)CC2C)c(C)c1. The first-order valence-corrected chi connectivity index (χ1v) is 9.91. The fourth-order valence-electron chi connectivity index (χ4n) is 3.55. The van der Waals surface area contributed by atoms with Crippen molar-refractivity contribution in [3.8, 4) is 5.75 Å². The Morgan fingerprint density at radius 3 is 2.67 bits per heavy atom. The zero-order chi connectivity index (χ0) is 21.8. The van der Waals surface area contributed by atoms with Gasteiger partial charge >= 0.3 is 0 Å². The Bertz CT molecular complexity index is 973. The second-order valence-corrected chi connectivity index (χ2v) is 7.69. The highest BCUT2D eigenvalue weighted by Crippen LogP contribution is 2.31. The maximum absolute atomic E-state index is 13.1. The number of rotatable bonds is 5. The molecule has 30 heavy (non-hydrogen) atoms. The molecule has 3 rings (SSSR count). The number of nitrogens with zero attached hydrogens (tertiary/aromatic N) is 2. The molecule has 0 saturated heterocycles. The van der Waals surface area contributed by atoms with Crippen LogP contribution in [0.2, 0.25) is 0 Å². The van der Waals surface area contributed by atoms with E-state index in [0.717, 1.165) is 11.1 Å². The summed E-state index contributed by atoms with van der Waals surface area (Å²) < 4.78 is 5.64. The third-order valence-electron chi connectivity index (χ3n) is 5.11. The summed E-state index contributed by atoms with van der Waals surface area (Å²) in [4.78, 5) is 40.6. The summed E-state index contributed by atoms with van der Waals surface area (Å²) in [5.41, 5.74) is 3.29. The molecule has 7 heteroatoms. The fourth-order valence-corrected chi connectivity index (χ4v) is 3.55. The molecule has 0 aliphatic carbocycles. The number of ether oxygens (including phenoxy) is 1. The van der Waals surface area contributed by atoms with E-state index in [4.69, 9.17) is 4.74 Å². The number of aryl methyl sites for hydroxylation is 2. The molecule has 1 heterocycles. The number of hydrogen-bond donors (Lipinski definition) is 1. The van der Waals surface area contributed by atoms with Crippen molar-refractivity contribution in [2.24, 2.45) is 0 Å². The fraction of sp³-hybridized carbons (Fsp3) is 0.348. The standard InChI is InChI=1S/C23H27N3O4/c1-15-9-10-20(16(2)11-15)30-14-23(29)25(4)13-22(28)26-17(3)12-21(27)24-18-7-5-6-8-19(18)26/h5-11,17H,12-14H2,1-4H3,(H,24,27). The third kappa shape index (κ3) is 4.79. The smallest absolute Gasteiger partial charge is 0.260 e. The maximum Gasteiger partial charge on any atom is 0.260 e. The van der Waals surface area contributed by atoms with Crippen LogP contribution in [-0.4, -0.2) is 48.9 Å². The van der Waals surface area contributed by atoms with Crippen LogP contribution in [0, 0.1) is 13.8 Å². The largest absolute Gasteiger partial charge is 0.484 e. The van der Waals surface area contributed by atoms with Gasteiger partial charge < -0.3 is 19.9 Å². The van der Waals surface area contributed by atoms with Crippen LogP contribution in [0.1, 0.15) is 24.5 Å². The number of fused-ring (bicyclic) bond motifs is 1. The quantitative estimate of drug-likeness (QED) is 0.824. The Hall–Kier alpha value is -3.35. The van der Waals surface area contributed by atoms with Crippen LogP contribution in [0.15, 0.2) is 42.5 Å². The van der Waals surface area contributed by atoms with Gasteiger partial charge in [-0.15, -0.1) is 0 Å². The number of benzene rings is 2. The van der Waals surface area contributed by atoms with Crippen molar-refractivity contribution in [2.75, 3.05) is 30.4 Å². The van der Waals surface area contributed by atoms with Crippen LogP contribution in [0.25, 0.3) is 0 Å². The predicted molar refractivity (Wildman–Crippen MR) is 116 cm³/mol. The predicted octanol–water partition coefficient (Wildman–Crippen LogP) is 2.90. The first kappa shape index (κ1) is 21.4. The van der Waals surface area contributed by atoms with Gasteiger partial charge in [0.2, 0.25) is 11.8 Å². The highest BCUT2D eigenvalue weighted by molar-refractivity contribution is 6.05. The minimum absolute atomic E-state index is 0.109. The lowest BCUT2D eigenvalue weighted by atomic mass is 10.1. The van der Waals surface area contributed by atoms with Crippen molar-refractivity contribution >= 4 is 29.1 Å². The van der Waals surface area contributed by atoms with Gasteiger partial charge in [-0.3, -0.25) is 14.4 Å². The maximum atomic E-state index is 13.1. The Morgan fingerprint density at radius 2 is 1.93 bits per heavy atom. The molecule has 7 nitrogen and oxygen atoms in total. The van der Waals surface area contributed by atoms with E-state index in [9.17, 15) is 14.4 Å². The number of para-hydroxylation sites is 2. The van der Waals surface area contributed by atoms with E-state index < -0.39 is 0 Å². The molecule has 0 spiro atoms. The van der Waals surface area contributed by atoms with Gasteiger partial charge in [0.1, 0.15) is 5.75 Å². The first-order chi connectivity index (χ1) is 14.3. The van der Waals surface area contributed by atoms with Gasteiger partial charge in [-0.25, -0.2) is 0 Å². The Morgan fingerprint density at radius 1 is 1.20 bits per heavy atom. The van der Waals surface area contributed by atoms with Crippen molar-refractivity contribution in [3.05, 3.63) is 53.6 Å². The summed E-state index contributed by atoms with van der Waals surface area (Å²) in [5, 5.41) is 2.83. The minimum atomic E-state index is -0.323. The molecule has 1 aliphatic heterocycles. The van der Waals surface area contributed by atoms with Crippen molar-refractivity contribution in [1.29, 1.82) is 0 Å². The second kappa shape index (κ2) is 8.98. The molecule has 0 bridgehead atoms. The highest BCUT2D eigenvalue weighted by atomic mass is 16.5. The molecule has 0 aromatic heterocycles. The number of carbonyl (C=O) groups is 3. The summed E-state index contributed by atoms with van der Waals surface area (Å²) in [6.07, 6.45) is 0.188. The Kier molecular flexibility index (Phi) is 6.40. The molecule has 1 aliphatic rings. The molecule has 0 radical (unpaired) electrons. The molecule has 2 aromatic rings. The topological polar surface area (TPSA) is 79.0 Å². The van der Waals surface area contributed by atoms with Crippen molar-refractivity contribution in [3.63, 3.8) is 0 Å². The Balaban J connectivity index is 1.67. The van der Waals surface area contributed by atoms with Gasteiger partial charge in [0.15, 0.2) is 6.61 Å². The van der Waals surface area contributed by atoms with E-state index in [1.165, 1.54) is 4.90 Å². The molecular weight excluding hydrogens is 382 g/mol. The van der Waals surface area contributed by atoms with Gasteiger partial charge in [0, 0.05) is 19.5 Å². The third-order valence-corrected chi connectivity index (χ3v) is 5.11. The van der Waals surface area contributed by atoms with E-state index in [1.54, 1.807) is 30.1 Å². The molecule has 1 N–H and O–H groups in total. The van der Waals surface area contributed by atoms with Gasteiger partial charge in [0.05, 0.1) is 17.9 Å². The second-order valence-electron chi connectivity index (χ2n) is 7.69. The monoisotopic (exact) mass is 409 g/mol. The van der Waals surface area contributed by atoms with E-state index in [-0.39, 0.29) is 43.3 Å². The molecule has 2 aromatic carbocycles. The molecule has 0 saturated carbocycles. The number of nitrogens with one attached hydrogen (secondary N) is 1. The van der Waals surface area contributed by atoms with Gasteiger partial charge in [0.25, 0.3) is 5.91 Å². The molecule has 1 unspecified atom stereocenters. The normalized spacial score (nSPS) is 15.7. The van der Waals surface area contributed by atoms with E-state index in [0.29, 0.717) is 17.1 Å². The van der Waals surface area contributed by atoms with Crippen LogP contribution >= 0.6 is 0 Å². The van der Waals surface area contributed by atoms with E-state index >= 15 is 0 Å². The molecule has 158 valence electrons. The molecule has 1 atom stereocenters. The summed E-state index contributed by atoms with van der Waals surface area (Å²) in [7, 11) is 1.57. The van der Waals surface area contributed by atoms with Crippen LogP contribution in [-0.2, 0) is 14.4 Å². The summed E-state index contributed by atoms with van der Waals surface area (Å²) in [6, 6.07) is 12.6. The summed E-state index contributed by atoms with van der Waals surface area (Å²) in [6.45, 7) is 5.48. The van der Waals surface area contributed by atoms with Gasteiger partial charge in [-0.05, 0) is 44.5 Å². The van der Waals surface area contributed by atoms with E-state index in [1.807, 2.05) is 45.0 Å². The highest BCUT2D eigenvalue weighted by Gasteiger charge is 2.30. The number of carbonyl (C=O) groups excluding carboxylic acids is 3. The van der Waals surface area contributed by atoms with Gasteiger partial charge in [-0.1, -0.05) is 29.8 Å². The number of amides is 3. The Labute approximate surface area is 176 Å². The lowest BCUT2D eigenvalue weighted by Crippen LogP contribution is -2.46. The van der Waals surface area contributed by atoms with Crippen LogP contribution < -0.4 is 15.0 Å². The average molecular weight is 409 g/mol. The molecular formula is C23H27N3O4. The lowest BCUT2D eigenvalue weighted by Gasteiger charge is -2.29. The first-order valence-electron chi connectivity index (χ1n) is 9.91. The average Bonchev–Trinajstić information content (AvgIpc) is 2.81. The van der Waals surface area contributed by atoms with E-state index in [2.05, 4.69) is 5.32 Å². The summed E-state index contributed by atoms with van der Waals surface area (Å²) in [5.74, 6) is -0.0491. The van der Waals surface area contributed by atoms with Crippen molar-refractivity contribution in [1.82, 2.24) is 4.90 Å². The van der Waals surface area contributed by atoms with Crippen LogP contribution in [0.3, 0.4) is 0 Å². The zero-order valence-electron chi connectivity index (χ0n) is 17.8. The molecule has 3 amide bonds. The zero-order valence-corrected chi connectivity index (χ0v) is 17.8. The van der Waals surface area contributed by atoms with Crippen molar-refractivity contribution in [2.45, 2.75) is 33.2 Å². The number of likely N-dealkylation sites (N-methyl/N-ethyl adjacent to an activating group) is 1. The van der Waals surface area contributed by atoms with Crippen LogP contribution in [0.4, 0.5) is 11.4 Å². The van der Waals surface area contributed by atoms with Crippen molar-refractivity contribution < 1.29 is 19.1 Å². The van der Waals surface area contributed by atoms with Crippen LogP contribution in [0.5, 0.6) is 5.75 Å².